The fraction of sp³-hybridized carbons (Fsp3) is 0.125. The van der Waals surface area contributed by atoms with Crippen molar-refractivity contribution in [2.45, 2.75) is 13.5 Å². The maximum atomic E-state index is 10.8. The van der Waals surface area contributed by atoms with Crippen LogP contribution in [0.15, 0.2) is 48.8 Å². The van der Waals surface area contributed by atoms with Gasteiger partial charge >= 0.3 is 5.97 Å². The summed E-state index contributed by atoms with van der Waals surface area (Å²) < 4.78 is 7.59. The zero-order valence-electron chi connectivity index (χ0n) is 11.5. The van der Waals surface area contributed by atoms with E-state index in [1.54, 1.807) is 12.1 Å². The highest BCUT2D eigenvalue weighted by molar-refractivity contribution is 5.87. The summed E-state index contributed by atoms with van der Waals surface area (Å²) in [5, 5.41) is 8.84. The van der Waals surface area contributed by atoms with Gasteiger partial charge in [0.05, 0.1) is 11.3 Å². The molecule has 0 radical (unpaired) electrons. The Morgan fingerprint density at radius 2 is 2.05 bits per heavy atom. The maximum Gasteiger partial charge on any atom is 0.335 e. The Kier molecular flexibility index (Phi) is 3.31. The van der Waals surface area contributed by atoms with E-state index >= 15 is 0 Å². The lowest BCUT2D eigenvalue weighted by Gasteiger charge is -2.04. The number of imidazole rings is 1. The number of fused-ring (bicyclic) bond motifs is 1. The van der Waals surface area contributed by atoms with Gasteiger partial charge in [-0.3, -0.25) is 0 Å². The molecule has 5 nitrogen and oxygen atoms in total. The first-order valence-electron chi connectivity index (χ1n) is 6.53. The van der Waals surface area contributed by atoms with Crippen molar-refractivity contribution in [2.24, 2.45) is 0 Å². The molecule has 0 aliphatic heterocycles. The number of hydrogen-bond donors (Lipinski definition) is 1. The van der Waals surface area contributed by atoms with Gasteiger partial charge in [0.1, 0.15) is 18.0 Å². The molecule has 3 rings (SSSR count). The van der Waals surface area contributed by atoms with Crippen molar-refractivity contribution in [1.82, 2.24) is 9.38 Å². The van der Waals surface area contributed by atoms with Crippen LogP contribution in [0.4, 0.5) is 0 Å². The first-order chi connectivity index (χ1) is 10.1. The number of carboxylic acids is 1. The van der Waals surface area contributed by atoms with Crippen LogP contribution in [0.25, 0.3) is 5.65 Å². The Morgan fingerprint density at radius 1 is 1.29 bits per heavy atom. The summed E-state index contributed by atoms with van der Waals surface area (Å²) in [7, 11) is 0. The molecule has 0 unspecified atom stereocenters. The molecule has 0 aliphatic carbocycles. The fourth-order valence-corrected chi connectivity index (χ4v) is 2.12. The SMILES string of the molecule is Cc1cccn2cc(COc3ccc(C(=O)O)cc3)nc12. The molecule has 106 valence electrons. The summed E-state index contributed by atoms with van der Waals surface area (Å²) in [6.07, 6.45) is 3.87. The van der Waals surface area contributed by atoms with E-state index in [9.17, 15) is 4.79 Å². The molecule has 0 atom stereocenters. The number of benzene rings is 1. The van der Waals surface area contributed by atoms with Crippen LogP contribution in [0, 0.1) is 6.92 Å². The third kappa shape index (κ3) is 2.72. The van der Waals surface area contributed by atoms with Crippen molar-refractivity contribution >= 4 is 11.6 Å². The van der Waals surface area contributed by atoms with Crippen LogP contribution >= 0.6 is 0 Å². The summed E-state index contributed by atoms with van der Waals surface area (Å²) in [5.41, 5.74) is 3.09. The van der Waals surface area contributed by atoms with Crippen LogP contribution in [0.5, 0.6) is 5.75 Å². The predicted octanol–water partition coefficient (Wildman–Crippen LogP) is 2.92. The average Bonchev–Trinajstić information content (AvgIpc) is 2.90. The molecule has 0 amide bonds. The second-order valence-electron chi connectivity index (χ2n) is 4.77. The average molecular weight is 282 g/mol. The molecule has 1 N–H and O–H groups in total. The summed E-state index contributed by atoms with van der Waals surface area (Å²) in [4.78, 5) is 15.3. The highest BCUT2D eigenvalue weighted by Gasteiger charge is 2.05. The molecule has 0 spiro atoms. The van der Waals surface area contributed by atoms with Crippen LogP contribution in [0.3, 0.4) is 0 Å². The second kappa shape index (κ2) is 5.28. The molecular weight excluding hydrogens is 268 g/mol. The van der Waals surface area contributed by atoms with Gasteiger partial charge in [-0.1, -0.05) is 6.07 Å². The molecular formula is C16H14N2O3. The van der Waals surface area contributed by atoms with E-state index in [1.165, 1.54) is 12.1 Å². The van der Waals surface area contributed by atoms with E-state index in [0.717, 1.165) is 16.9 Å². The van der Waals surface area contributed by atoms with Crippen molar-refractivity contribution in [1.29, 1.82) is 0 Å². The largest absolute Gasteiger partial charge is 0.487 e. The minimum absolute atomic E-state index is 0.241. The highest BCUT2D eigenvalue weighted by atomic mass is 16.5. The zero-order chi connectivity index (χ0) is 14.8. The summed E-state index contributed by atoms with van der Waals surface area (Å²) in [6.45, 7) is 2.35. The van der Waals surface area contributed by atoms with Crippen molar-refractivity contribution in [2.75, 3.05) is 0 Å². The van der Waals surface area contributed by atoms with E-state index < -0.39 is 5.97 Å². The second-order valence-corrected chi connectivity index (χ2v) is 4.77. The minimum Gasteiger partial charge on any atom is -0.487 e. The molecule has 2 heterocycles. The molecule has 2 aromatic heterocycles. The number of pyridine rings is 1. The number of hydrogen-bond acceptors (Lipinski definition) is 3. The van der Waals surface area contributed by atoms with Crippen molar-refractivity contribution in [3.05, 3.63) is 65.6 Å². The number of nitrogens with zero attached hydrogens (tertiary/aromatic N) is 2. The third-order valence-electron chi connectivity index (χ3n) is 3.22. The van der Waals surface area contributed by atoms with Crippen LogP contribution in [-0.4, -0.2) is 20.5 Å². The standard InChI is InChI=1S/C16H14N2O3/c1-11-3-2-8-18-9-13(17-15(11)18)10-21-14-6-4-12(5-7-14)16(19)20/h2-9H,10H2,1H3,(H,19,20). The van der Waals surface area contributed by atoms with Gasteiger partial charge in [0.25, 0.3) is 0 Å². The van der Waals surface area contributed by atoms with Crippen molar-refractivity contribution in [3.63, 3.8) is 0 Å². The minimum atomic E-state index is -0.947. The lowest BCUT2D eigenvalue weighted by molar-refractivity contribution is 0.0697. The van der Waals surface area contributed by atoms with Crippen LogP contribution in [0.2, 0.25) is 0 Å². The predicted molar refractivity (Wildman–Crippen MR) is 77.7 cm³/mol. The molecule has 1 aromatic carbocycles. The van der Waals surface area contributed by atoms with Gasteiger partial charge in [0.2, 0.25) is 0 Å². The van der Waals surface area contributed by atoms with E-state index in [-0.39, 0.29) is 5.56 Å². The molecule has 0 aliphatic rings. The molecule has 0 saturated carbocycles. The van der Waals surface area contributed by atoms with Gasteiger partial charge in [0.15, 0.2) is 0 Å². The van der Waals surface area contributed by atoms with E-state index in [2.05, 4.69) is 4.98 Å². The fourth-order valence-electron chi connectivity index (χ4n) is 2.12. The number of ether oxygens (including phenoxy) is 1. The number of carbonyl (C=O) groups is 1. The van der Waals surface area contributed by atoms with Gasteiger partial charge in [-0.15, -0.1) is 0 Å². The normalized spacial score (nSPS) is 10.7. The Morgan fingerprint density at radius 3 is 2.71 bits per heavy atom. The quantitative estimate of drug-likeness (QED) is 0.799. The monoisotopic (exact) mass is 282 g/mol. The Balaban J connectivity index is 1.74. The summed E-state index contributed by atoms with van der Waals surface area (Å²) in [6, 6.07) is 10.3. The van der Waals surface area contributed by atoms with Gasteiger partial charge in [-0.05, 0) is 42.8 Å². The highest BCUT2D eigenvalue weighted by Crippen LogP contribution is 2.15. The van der Waals surface area contributed by atoms with Gasteiger partial charge in [-0.2, -0.15) is 0 Å². The number of rotatable bonds is 4. The lowest BCUT2D eigenvalue weighted by Crippen LogP contribution is -1.98. The molecule has 0 saturated heterocycles. The molecule has 21 heavy (non-hydrogen) atoms. The lowest BCUT2D eigenvalue weighted by atomic mass is 10.2. The molecule has 0 bridgehead atoms. The smallest absolute Gasteiger partial charge is 0.335 e. The zero-order valence-corrected chi connectivity index (χ0v) is 11.5. The van der Waals surface area contributed by atoms with Crippen molar-refractivity contribution < 1.29 is 14.6 Å². The van der Waals surface area contributed by atoms with E-state index in [1.807, 2.05) is 35.9 Å². The van der Waals surface area contributed by atoms with Gasteiger partial charge in [0, 0.05) is 12.4 Å². The number of carboxylic acid groups (broad SMARTS) is 1. The van der Waals surface area contributed by atoms with E-state index in [0.29, 0.717) is 12.4 Å². The number of aromatic nitrogens is 2. The first-order valence-corrected chi connectivity index (χ1v) is 6.53. The van der Waals surface area contributed by atoms with E-state index in [4.69, 9.17) is 9.84 Å². The van der Waals surface area contributed by atoms with Crippen LogP contribution in [0.1, 0.15) is 21.6 Å². The van der Waals surface area contributed by atoms with Gasteiger partial charge in [-0.25, -0.2) is 9.78 Å². The summed E-state index contributed by atoms with van der Waals surface area (Å²) in [5.74, 6) is -0.328. The number of aryl methyl sites for hydroxylation is 1. The number of aromatic carboxylic acids is 1. The van der Waals surface area contributed by atoms with Crippen LogP contribution < -0.4 is 4.74 Å². The van der Waals surface area contributed by atoms with Gasteiger partial charge < -0.3 is 14.2 Å². The van der Waals surface area contributed by atoms with Crippen molar-refractivity contribution in [3.8, 4) is 5.75 Å². The Hall–Kier alpha value is -2.82. The molecule has 3 aromatic rings. The molecule has 0 fully saturated rings. The first kappa shape index (κ1) is 13.2. The van der Waals surface area contributed by atoms with Crippen LogP contribution in [-0.2, 0) is 6.61 Å². The maximum absolute atomic E-state index is 10.8. The third-order valence-corrected chi connectivity index (χ3v) is 3.22. The molecule has 5 heteroatoms. The Bertz CT molecular complexity index is 791. The topological polar surface area (TPSA) is 63.8 Å². The summed E-state index contributed by atoms with van der Waals surface area (Å²) >= 11 is 0. The Labute approximate surface area is 121 Å².